The number of aryl methyl sites for hydroxylation is 1. The summed E-state index contributed by atoms with van der Waals surface area (Å²) in [4.78, 5) is 12.4. The van der Waals surface area contributed by atoms with Gasteiger partial charge in [-0.15, -0.1) is 10.2 Å². The molecule has 7 heteroatoms. The van der Waals surface area contributed by atoms with Crippen LogP contribution in [-0.2, 0) is 4.79 Å². The van der Waals surface area contributed by atoms with E-state index in [1.165, 1.54) is 23.9 Å². The molecule has 0 bridgehead atoms. The lowest BCUT2D eigenvalue weighted by Crippen LogP contribution is -2.14. The first-order valence-corrected chi connectivity index (χ1v) is 10.6. The quantitative estimate of drug-likeness (QED) is 0.381. The van der Waals surface area contributed by atoms with Gasteiger partial charge in [0, 0.05) is 16.3 Å². The van der Waals surface area contributed by atoms with Crippen LogP contribution in [0, 0.1) is 12.7 Å². The number of hydrogen-bond acceptors (Lipinski definition) is 4. The van der Waals surface area contributed by atoms with Gasteiger partial charge in [0.2, 0.25) is 5.91 Å². The molecule has 0 aliphatic rings. The number of carbonyl (C=O) groups is 1. The molecular weight excluding hydrogens is 421 g/mol. The molecule has 4 rings (SSSR count). The molecule has 0 saturated heterocycles. The Kier molecular flexibility index (Phi) is 5.97. The number of nitrogens with one attached hydrogen (secondary N) is 1. The van der Waals surface area contributed by atoms with Crippen molar-refractivity contribution < 1.29 is 9.18 Å². The molecule has 30 heavy (non-hydrogen) atoms. The van der Waals surface area contributed by atoms with Gasteiger partial charge in [0.25, 0.3) is 0 Å². The number of thioether (sulfide) groups is 1. The third-order valence-corrected chi connectivity index (χ3v) is 5.80. The summed E-state index contributed by atoms with van der Waals surface area (Å²) in [6, 6.07) is 19.3. The summed E-state index contributed by atoms with van der Waals surface area (Å²) in [6.45, 7) is 1.94. The number of aromatic nitrogens is 2. The average Bonchev–Trinajstić information content (AvgIpc) is 2.75. The Hall–Kier alpha value is -2.96. The normalized spacial score (nSPS) is 10.9. The largest absolute Gasteiger partial charge is 0.324 e. The van der Waals surface area contributed by atoms with E-state index in [1.54, 1.807) is 24.3 Å². The Morgan fingerprint density at radius 1 is 1.03 bits per heavy atom. The molecule has 0 fully saturated rings. The SMILES string of the molecule is Cc1ccc(NC(=O)CSc2nnc(-c3ccc(F)cc3)c3ccccc23)c(Cl)c1. The predicted octanol–water partition coefficient (Wildman–Crippen LogP) is 6.13. The van der Waals surface area contributed by atoms with Crippen molar-refractivity contribution in [3.8, 4) is 11.3 Å². The Morgan fingerprint density at radius 2 is 1.77 bits per heavy atom. The summed E-state index contributed by atoms with van der Waals surface area (Å²) in [5.41, 5.74) is 3.06. The molecule has 4 aromatic rings. The van der Waals surface area contributed by atoms with Crippen molar-refractivity contribution in [1.82, 2.24) is 10.2 Å². The van der Waals surface area contributed by atoms with E-state index in [2.05, 4.69) is 15.5 Å². The molecule has 0 unspecified atom stereocenters. The fourth-order valence-corrected chi connectivity index (χ4v) is 4.10. The molecular formula is C23H17ClFN3OS. The summed E-state index contributed by atoms with van der Waals surface area (Å²) >= 11 is 7.49. The minimum Gasteiger partial charge on any atom is -0.324 e. The Labute approximate surface area is 182 Å². The number of benzene rings is 3. The van der Waals surface area contributed by atoms with Crippen molar-refractivity contribution in [2.24, 2.45) is 0 Å². The van der Waals surface area contributed by atoms with Gasteiger partial charge in [0.1, 0.15) is 16.5 Å². The molecule has 0 aliphatic carbocycles. The maximum Gasteiger partial charge on any atom is 0.234 e. The monoisotopic (exact) mass is 437 g/mol. The molecule has 1 aromatic heterocycles. The zero-order chi connectivity index (χ0) is 21.1. The molecule has 0 saturated carbocycles. The van der Waals surface area contributed by atoms with Crippen LogP contribution in [0.3, 0.4) is 0 Å². The van der Waals surface area contributed by atoms with E-state index in [4.69, 9.17) is 11.6 Å². The highest BCUT2D eigenvalue weighted by molar-refractivity contribution is 8.00. The van der Waals surface area contributed by atoms with Crippen LogP contribution in [-0.4, -0.2) is 21.9 Å². The van der Waals surface area contributed by atoms with Gasteiger partial charge in [0.05, 0.1) is 16.5 Å². The van der Waals surface area contributed by atoms with Crippen LogP contribution in [0.15, 0.2) is 71.8 Å². The number of hydrogen-bond donors (Lipinski definition) is 1. The first-order chi connectivity index (χ1) is 14.5. The second kappa shape index (κ2) is 8.81. The third kappa shape index (κ3) is 4.45. The Balaban J connectivity index is 1.55. The summed E-state index contributed by atoms with van der Waals surface area (Å²) in [7, 11) is 0. The zero-order valence-electron chi connectivity index (χ0n) is 16.0. The second-order valence-corrected chi connectivity index (χ2v) is 8.10. The number of anilines is 1. The van der Waals surface area contributed by atoms with Crippen molar-refractivity contribution in [2.45, 2.75) is 11.9 Å². The molecule has 0 aliphatic heterocycles. The van der Waals surface area contributed by atoms with E-state index in [-0.39, 0.29) is 17.5 Å². The van der Waals surface area contributed by atoms with Crippen molar-refractivity contribution in [2.75, 3.05) is 11.1 Å². The first kappa shape index (κ1) is 20.3. The number of halogens is 2. The Bertz CT molecular complexity index is 1230. The van der Waals surface area contributed by atoms with Gasteiger partial charge >= 0.3 is 0 Å². The van der Waals surface area contributed by atoms with E-state index in [9.17, 15) is 9.18 Å². The van der Waals surface area contributed by atoms with Crippen LogP contribution in [0.25, 0.3) is 22.0 Å². The van der Waals surface area contributed by atoms with Gasteiger partial charge in [-0.25, -0.2) is 4.39 Å². The molecule has 1 N–H and O–H groups in total. The number of carbonyl (C=O) groups excluding carboxylic acids is 1. The van der Waals surface area contributed by atoms with Crippen LogP contribution in [0.4, 0.5) is 10.1 Å². The van der Waals surface area contributed by atoms with Crippen LogP contribution in [0.2, 0.25) is 5.02 Å². The lowest BCUT2D eigenvalue weighted by Gasteiger charge is -2.10. The molecule has 150 valence electrons. The van der Waals surface area contributed by atoms with Crippen molar-refractivity contribution in [1.29, 1.82) is 0 Å². The molecule has 3 aromatic carbocycles. The van der Waals surface area contributed by atoms with E-state index >= 15 is 0 Å². The standard InChI is InChI=1S/C23H17ClFN3OS/c1-14-6-11-20(19(24)12-14)26-21(29)13-30-23-18-5-3-2-4-17(18)22(27-28-23)15-7-9-16(25)10-8-15/h2-12H,13H2,1H3,(H,26,29). The maximum atomic E-state index is 13.3. The molecule has 1 amide bonds. The smallest absolute Gasteiger partial charge is 0.234 e. The van der Waals surface area contributed by atoms with Crippen LogP contribution < -0.4 is 5.32 Å². The van der Waals surface area contributed by atoms with E-state index < -0.39 is 0 Å². The van der Waals surface area contributed by atoms with Gasteiger partial charge in [-0.1, -0.05) is 53.7 Å². The lowest BCUT2D eigenvalue weighted by atomic mass is 10.1. The topological polar surface area (TPSA) is 54.9 Å². The Morgan fingerprint density at radius 3 is 2.50 bits per heavy atom. The van der Waals surface area contributed by atoms with Gasteiger partial charge in [-0.3, -0.25) is 4.79 Å². The summed E-state index contributed by atoms with van der Waals surface area (Å²) < 4.78 is 13.3. The van der Waals surface area contributed by atoms with E-state index in [0.717, 1.165) is 21.9 Å². The summed E-state index contributed by atoms with van der Waals surface area (Å²) in [5, 5.41) is 14.4. The van der Waals surface area contributed by atoms with E-state index in [1.807, 2.05) is 37.3 Å². The first-order valence-electron chi connectivity index (χ1n) is 9.21. The second-order valence-electron chi connectivity index (χ2n) is 6.73. The minimum atomic E-state index is -0.303. The molecule has 4 nitrogen and oxygen atoms in total. The fraction of sp³-hybridized carbons (Fsp3) is 0.0870. The van der Waals surface area contributed by atoms with Crippen LogP contribution >= 0.6 is 23.4 Å². The zero-order valence-corrected chi connectivity index (χ0v) is 17.6. The van der Waals surface area contributed by atoms with Gasteiger partial charge < -0.3 is 5.32 Å². The summed E-state index contributed by atoms with van der Waals surface area (Å²) in [6.07, 6.45) is 0. The van der Waals surface area contributed by atoms with Crippen LogP contribution in [0.1, 0.15) is 5.56 Å². The average molecular weight is 438 g/mol. The molecule has 1 heterocycles. The third-order valence-electron chi connectivity index (χ3n) is 4.51. The highest BCUT2D eigenvalue weighted by atomic mass is 35.5. The van der Waals surface area contributed by atoms with Crippen molar-refractivity contribution in [3.05, 3.63) is 83.1 Å². The fourth-order valence-electron chi connectivity index (χ4n) is 3.05. The molecule has 0 atom stereocenters. The minimum absolute atomic E-state index is 0.165. The number of fused-ring (bicyclic) bond motifs is 1. The predicted molar refractivity (Wildman–Crippen MR) is 120 cm³/mol. The van der Waals surface area contributed by atoms with E-state index in [0.29, 0.717) is 21.4 Å². The van der Waals surface area contributed by atoms with Crippen molar-refractivity contribution in [3.63, 3.8) is 0 Å². The molecule has 0 radical (unpaired) electrons. The number of nitrogens with zero attached hydrogens (tertiary/aromatic N) is 2. The summed E-state index contributed by atoms with van der Waals surface area (Å²) in [5.74, 6) is -0.319. The van der Waals surface area contributed by atoms with Gasteiger partial charge in [-0.05, 0) is 48.9 Å². The highest BCUT2D eigenvalue weighted by Crippen LogP contribution is 2.32. The number of amides is 1. The highest BCUT2D eigenvalue weighted by Gasteiger charge is 2.13. The lowest BCUT2D eigenvalue weighted by molar-refractivity contribution is -0.113. The number of rotatable bonds is 5. The van der Waals surface area contributed by atoms with Crippen molar-refractivity contribution >= 4 is 45.7 Å². The molecule has 0 spiro atoms. The maximum absolute atomic E-state index is 13.3. The van der Waals surface area contributed by atoms with Crippen LogP contribution in [0.5, 0.6) is 0 Å². The van der Waals surface area contributed by atoms with Gasteiger partial charge in [0.15, 0.2) is 0 Å². The van der Waals surface area contributed by atoms with Gasteiger partial charge in [-0.2, -0.15) is 0 Å².